The summed E-state index contributed by atoms with van der Waals surface area (Å²) in [6.45, 7) is 2.21. The van der Waals surface area contributed by atoms with Crippen molar-refractivity contribution in [1.29, 1.82) is 0 Å². The Labute approximate surface area is 83.4 Å². The zero-order valence-electron chi connectivity index (χ0n) is 8.52. The molecule has 14 heavy (non-hydrogen) atoms. The zero-order valence-corrected chi connectivity index (χ0v) is 8.52. The minimum atomic E-state index is 0.672. The highest BCUT2D eigenvalue weighted by Crippen LogP contribution is 1.98. The third-order valence-corrected chi connectivity index (χ3v) is 1.93. The molecule has 0 unspecified atom stereocenters. The van der Waals surface area contributed by atoms with E-state index in [0.29, 0.717) is 6.54 Å². The maximum absolute atomic E-state index is 5.42. The third-order valence-electron chi connectivity index (χ3n) is 1.93. The summed E-state index contributed by atoms with van der Waals surface area (Å²) in [5, 5.41) is 11.5. The number of rotatable bonds is 7. The van der Waals surface area contributed by atoms with E-state index in [1.54, 1.807) is 7.11 Å². The van der Waals surface area contributed by atoms with Gasteiger partial charge in [-0.1, -0.05) is 0 Å². The number of nitrogens with two attached hydrogens (primary N) is 1. The molecule has 0 atom stereocenters. The second-order valence-electron chi connectivity index (χ2n) is 3.06. The van der Waals surface area contributed by atoms with E-state index in [0.717, 1.165) is 38.2 Å². The van der Waals surface area contributed by atoms with Crippen LogP contribution in [0.1, 0.15) is 18.7 Å². The Balaban J connectivity index is 2.37. The largest absolute Gasteiger partial charge is 0.385 e. The molecule has 0 fully saturated rings. The Morgan fingerprint density at radius 2 is 2.29 bits per heavy atom. The number of methoxy groups -OCH3 is 1. The average molecular weight is 199 g/mol. The number of aryl methyl sites for hydroxylation is 2. The van der Waals surface area contributed by atoms with E-state index >= 15 is 0 Å². The van der Waals surface area contributed by atoms with Gasteiger partial charge in [0.2, 0.25) is 0 Å². The molecule has 80 valence electrons. The lowest BCUT2D eigenvalue weighted by Crippen LogP contribution is -2.10. The summed E-state index contributed by atoms with van der Waals surface area (Å²) in [4.78, 5) is 0. The van der Waals surface area contributed by atoms with Crippen LogP contribution >= 0.6 is 0 Å². The van der Waals surface area contributed by atoms with Gasteiger partial charge in [0.15, 0.2) is 5.82 Å². The SMILES string of the molecule is COCCCn1nnnc1CCCN. The Kier molecular flexibility index (Phi) is 5.09. The van der Waals surface area contributed by atoms with Crippen LogP contribution in [0.25, 0.3) is 0 Å². The highest BCUT2D eigenvalue weighted by molar-refractivity contribution is 4.80. The van der Waals surface area contributed by atoms with Gasteiger partial charge in [-0.05, 0) is 29.8 Å². The van der Waals surface area contributed by atoms with Crippen LogP contribution in [0.3, 0.4) is 0 Å². The van der Waals surface area contributed by atoms with E-state index in [-0.39, 0.29) is 0 Å². The van der Waals surface area contributed by atoms with E-state index in [9.17, 15) is 0 Å². The molecule has 0 aliphatic rings. The molecule has 0 spiro atoms. The van der Waals surface area contributed by atoms with Crippen molar-refractivity contribution in [3.8, 4) is 0 Å². The molecule has 6 heteroatoms. The maximum Gasteiger partial charge on any atom is 0.151 e. The molecule has 6 nitrogen and oxygen atoms in total. The first-order valence-corrected chi connectivity index (χ1v) is 4.82. The number of hydrogen-bond donors (Lipinski definition) is 1. The van der Waals surface area contributed by atoms with Crippen LogP contribution in [0.5, 0.6) is 0 Å². The van der Waals surface area contributed by atoms with Crippen molar-refractivity contribution < 1.29 is 4.74 Å². The van der Waals surface area contributed by atoms with Gasteiger partial charge >= 0.3 is 0 Å². The monoisotopic (exact) mass is 199 g/mol. The van der Waals surface area contributed by atoms with Gasteiger partial charge in [-0.2, -0.15) is 0 Å². The first-order chi connectivity index (χ1) is 6.88. The molecule has 0 amide bonds. The first-order valence-electron chi connectivity index (χ1n) is 4.82. The lowest BCUT2D eigenvalue weighted by atomic mass is 10.3. The van der Waals surface area contributed by atoms with Gasteiger partial charge in [0, 0.05) is 26.7 Å². The van der Waals surface area contributed by atoms with Crippen LogP contribution in [0.4, 0.5) is 0 Å². The first kappa shape index (κ1) is 11.1. The topological polar surface area (TPSA) is 78.8 Å². The number of ether oxygens (including phenoxy) is 1. The van der Waals surface area contributed by atoms with Crippen molar-refractivity contribution in [1.82, 2.24) is 20.2 Å². The van der Waals surface area contributed by atoms with Crippen molar-refractivity contribution in [2.45, 2.75) is 25.8 Å². The Hall–Kier alpha value is -1.01. The quantitative estimate of drug-likeness (QED) is 0.604. The summed E-state index contributed by atoms with van der Waals surface area (Å²) in [7, 11) is 1.69. The molecule has 0 radical (unpaired) electrons. The number of aromatic nitrogens is 4. The fourth-order valence-corrected chi connectivity index (χ4v) is 1.19. The summed E-state index contributed by atoms with van der Waals surface area (Å²) in [6, 6.07) is 0. The fourth-order valence-electron chi connectivity index (χ4n) is 1.19. The van der Waals surface area contributed by atoms with E-state index in [4.69, 9.17) is 10.5 Å². The summed E-state index contributed by atoms with van der Waals surface area (Å²) in [5.41, 5.74) is 5.42. The van der Waals surface area contributed by atoms with Gasteiger partial charge in [0.1, 0.15) is 0 Å². The average Bonchev–Trinajstić information content (AvgIpc) is 2.63. The van der Waals surface area contributed by atoms with Crippen molar-refractivity contribution in [3.63, 3.8) is 0 Å². The minimum absolute atomic E-state index is 0.672. The number of tetrazole rings is 1. The zero-order chi connectivity index (χ0) is 10.2. The molecule has 0 saturated heterocycles. The van der Waals surface area contributed by atoms with Gasteiger partial charge < -0.3 is 10.5 Å². The van der Waals surface area contributed by atoms with Gasteiger partial charge in [-0.25, -0.2) is 4.68 Å². The predicted octanol–water partition coefficient (Wildman–Crippen LogP) is -0.399. The molecule has 0 aliphatic carbocycles. The standard InChI is InChI=1S/C8H17N5O/c1-14-7-3-6-13-8(4-2-5-9)10-11-12-13/h2-7,9H2,1H3. The highest BCUT2D eigenvalue weighted by atomic mass is 16.5. The van der Waals surface area contributed by atoms with Crippen molar-refractivity contribution in [3.05, 3.63) is 5.82 Å². The van der Waals surface area contributed by atoms with Crippen LogP contribution in [0, 0.1) is 0 Å². The Morgan fingerprint density at radius 1 is 1.43 bits per heavy atom. The van der Waals surface area contributed by atoms with Gasteiger partial charge in [0.05, 0.1) is 0 Å². The molecule has 2 N–H and O–H groups in total. The van der Waals surface area contributed by atoms with Crippen molar-refractivity contribution in [2.75, 3.05) is 20.3 Å². The molecule has 1 aromatic heterocycles. The molecular formula is C8H17N5O. The summed E-state index contributed by atoms with van der Waals surface area (Å²) in [6.07, 6.45) is 2.69. The van der Waals surface area contributed by atoms with Crippen molar-refractivity contribution in [2.24, 2.45) is 5.73 Å². The molecular weight excluding hydrogens is 182 g/mol. The summed E-state index contributed by atoms with van der Waals surface area (Å²) < 4.78 is 6.77. The number of nitrogens with zero attached hydrogens (tertiary/aromatic N) is 4. The van der Waals surface area contributed by atoms with Crippen LogP contribution in [0.2, 0.25) is 0 Å². The molecule has 1 heterocycles. The lowest BCUT2D eigenvalue weighted by Gasteiger charge is -2.02. The Bertz CT molecular complexity index is 250. The van der Waals surface area contributed by atoms with Gasteiger partial charge in [-0.3, -0.25) is 0 Å². The summed E-state index contributed by atoms with van der Waals surface area (Å²) in [5.74, 6) is 0.909. The van der Waals surface area contributed by atoms with Gasteiger partial charge in [-0.15, -0.1) is 5.10 Å². The van der Waals surface area contributed by atoms with Crippen molar-refractivity contribution >= 4 is 0 Å². The molecule has 1 aromatic rings. The van der Waals surface area contributed by atoms with E-state index in [2.05, 4.69) is 15.5 Å². The Morgan fingerprint density at radius 3 is 3.00 bits per heavy atom. The van der Waals surface area contributed by atoms with E-state index in [1.165, 1.54) is 0 Å². The predicted molar refractivity (Wildman–Crippen MR) is 51.7 cm³/mol. The van der Waals surface area contributed by atoms with Gasteiger partial charge in [0.25, 0.3) is 0 Å². The van der Waals surface area contributed by atoms with Crippen LogP contribution in [-0.4, -0.2) is 40.5 Å². The normalized spacial score (nSPS) is 10.7. The fraction of sp³-hybridized carbons (Fsp3) is 0.875. The smallest absolute Gasteiger partial charge is 0.151 e. The van der Waals surface area contributed by atoms with Crippen LogP contribution in [0.15, 0.2) is 0 Å². The maximum atomic E-state index is 5.42. The second-order valence-corrected chi connectivity index (χ2v) is 3.06. The summed E-state index contributed by atoms with van der Waals surface area (Å²) >= 11 is 0. The van der Waals surface area contributed by atoms with E-state index < -0.39 is 0 Å². The third kappa shape index (κ3) is 3.39. The molecule has 1 rings (SSSR count). The minimum Gasteiger partial charge on any atom is -0.385 e. The lowest BCUT2D eigenvalue weighted by molar-refractivity contribution is 0.188. The van der Waals surface area contributed by atoms with Crippen LogP contribution in [-0.2, 0) is 17.7 Å². The second kappa shape index (κ2) is 6.44. The highest BCUT2D eigenvalue weighted by Gasteiger charge is 2.04. The van der Waals surface area contributed by atoms with Crippen LogP contribution < -0.4 is 5.73 Å². The van der Waals surface area contributed by atoms with E-state index in [1.807, 2.05) is 4.68 Å². The molecule has 0 aliphatic heterocycles. The molecule has 0 aromatic carbocycles. The molecule has 0 bridgehead atoms. The molecule has 0 saturated carbocycles. The number of hydrogen-bond acceptors (Lipinski definition) is 5.